The van der Waals surface area contributed by atoms with Crippen molar-refractivity contribution in [2.45, 2.75) is 56.4 Å². The van der Waals surface area contributed by atoms with Crippen LogP contribution >= 0.6 is 11.8 Å². The fourth-order valence-corrected chi connectivity index (χ4v) is 3.17. The molecule has 0 aromatic carbocycles. The second kappa shape index (κ2) is 8.14. The molecule has 0 spiro atoms. The summed E-state index contributed by atoms with van der Waals surface area (Å²) in [4.78, 5) is 23.8. The number of nitrogens with one attached hydrogen (secondary N) is 1. The molecule has 23 heavy (non-hydrogen) atoms. The van der Waals surface area contributed by atoms with E-state index in [-0.39, 0.29) is 16.8 Å². The minimum Gasteiger partial charge on any atom is -0.355 e. The van der Waals surface area contributed by atoms with Gasteiger partial charge in [0.2, 0.25) is 11.1 Å². The Kier molecular flexibility index (Phi) is 6.20. The number of hydrogen-bond donors (Lipinski definition) is 2. The third kappa shape index (κ3) is 4.82. The molecule has 0 saturated carbocycles. The van der Waals surface area contributed by atoms with Crippen LogP contribution in [0, 0.1) is 6.92 Å². The molecule has 1 aliphatic carbocycles. The standard InChI is InChI=1S/C15H23N5O2S/c1-10-14(22)20(16)15(19-18-10)23-11(2)13(21)17-9-8-12-6-4-3-5-7-12/h6,11H,3-5,7-9,16H2,1-2H3,(H,17,21)/t11-/m1/s1. The Hall–Kier alpha value is -1.83. The quantitative estimate of drug-likeness (QED) is 0.458. The van der Waals surface area contributed by atoms with Gasteiger partial charge in [-0.15, -0.1) is 10.2 Å². The van der Waals surface area contributed by atoms with Crippen molar-refractivity contribution in [2.75, 3.05) is 12.4 Å². The predicted octanol–water partition coefficient (Wildman–Crippen LogP) is 1.15. The molecular weight excluding hydrogens is 314 g/mol. The zero-order valence-electron chi connectivity index (χ0n) is 13.5. The van der Waals surface area contributed by atoms with Gasteiger partial charge in [0, 0.05) is 6.54 Å². The first-order valence-corrected chi connectivity index (χ1v) is 8.70. The van der Waals surface area contributed by atoms with Gasteiger partial charge in [-0.2, -0.15) is 4.68 Å². The summed E-state index contributed by atoms with van der Waals surface area (Å²) < 4.78 is 0.934. The number of nitrogens with zero attached hydrogens (tertiary/aromatic N) is 3. The lowest BCUT2D eigenvalue weighted by atomic mass is 9.97. The molecule has 0 aliphatic heterocycles. The highest BCUT2D eigenvalue weighted by Crippen LogP contribution is 2.20. The summed E-state index contributed by atoms with van der Waals surface area (Å²) in [5.74, 6) is 5.58. The molecular formula is C15H23N5O2S. The first-order chi connectivity index (χ1) is 11.0. The largest absolute Gasteiger partial charge is 0.355 e. The van der Waals surface area contributed by atoms with Crippen LogP contribution in [0.15, 0.2) is 21.6 Å². The Morgan fingerprint density at radius 2 is 2.26 bits per heavy atom. The van der Waals surface area contributed by atoms with E-state index in [0.717, 1.165) is 35.7 Å². The van der Waals surface area contributed by atoms with Gasteiger partial charge in [0.15, 0.2) is 0 Å². The maximum absolute atomic E-state index is 12.1. The molecule has 1 heterocycles. The number of carbonyl (C=O) groups is 1. The van der Waals surface area contributed by atoms with Gasteiger partial charge in [-0.25, -0.2) is 0 Å². The van der Waals surface area contributed by atoms with Gasteiger partial charge < -0.3 is 11.2 Å². The van der Waals surface area contributed by atoms with Crippen LogP contribution in [0.1, 0.15) is 44.7 Å². The minimum atomic E-state index is -0.403. The van der Waals surface area contributed by atoms with Crippen LogP contribution in [0.4, 0.5) is 0 Å². The molecule has 1 atom stereocenters. The fraction of sp³-hybridized carbons (Fsp3) is 0.600. The van der Waals surface area contributed by atoms with Crippen LogP contribution in [0.2, 0.25) is 0 Å². The molecule has 8 heteroatoms. The van der Waals surface area contributed by atoms with Crippen molar-refractivity contribution in [2.24, 2.45) is 0 Å². The van der Waals surface area contributed by atoms with Crippen molar-refractivity contribution >= 4 is 17.7 Å². The topological polar surface area (TPSA) is 103 Å². The van der Waals surface area contributed by atoms with Gasteiger partial charge in [-0.3, -0.25) is 9.59 Å². The van der Waals surface area contributed by atoms with Gasteiger partial charge >= 0.3 is 0 Å². The van der Waals surface area contributed by atoms with E-state index in [9.17, 15) is 9.59 Å². The average Bonchev–Trinajstić information content (AvgIpc) is 2.56. The Balaban J connectivity index is 1.84. The van der Waals surface area contributed by atoms with E-state index >= 15 is 0 Å². The number of aryl methyl sites for hydroxylation is 1. The lowest BCUT2D eigenvalue weighted by Gasteiger charge is -2.15. The summed E-state index contributed by atoms with van der Waals surface area (Å²) >= 11 is 1.12. The van der Waals surface area contributed by atoms with Crippen molar-refractivity contribution in [1.29, 1.82) is 0 Å². The lowest BCUT2D eigenvalue weighted by Crippen LogP contribution is -2.35. The van der Waals surface area contributed by atoms with Gasteiger partial charge in [0.25, 0.3) is 5.56 Å². The number of thioether (sulfide) groups is 1. The molecule has 0 radical (unpaired) electrons. The van der Waals surface area contributed by atoms with Gasteiger partial charge in [-0.05, 0) is 46.0 Å². The van der Waals surface area contributed by atoms with Crippen LogP contribution < -0.4 is 16.7 Å². The highest BCUT2D eigenvalue weighted by atomic mass is 32.2. The molecule has 0 bridgehead atoms. The van der Waals surface area contributed by atoms with Gasteiger partial charge in [-0.1, -0.05) is 23.4 Å². The highest BCUT2D eigenvalue weighted by molar-refractivity contribution is 8.00. The predicted molar refractivity (Wildman–Crippen MR) is 90.7 cm³/mol. The van der Waals surface area contributed by atoms with E-state index in [1.165, 1.54) is 18.4 Å². The SMILES string of the molecule is Cc1nnc(S[C@H](C)C(=O)NCCC2=CCCCC2)n(N)c1=O. The molecule has 3 N–H and O–H groups in total. The van der Waals surface area contributed by atoms with E-state index < -0.39 is 10.8 Å². The fourth-order valence-electron chi connectivity index (χ4n) is 2.38. The number of rotatable bonds is 6. The van der Waals surface area contributed by atoms with Crippen molar-refractivity contribution in [3.05, 3.63) is 27.7 Å². The third-order valence-electron chi connectivity index (χ3n) is 3.80. The number of aromatic nitrogens is 3. The van der Waals surface area contributed by atoms with E-state index in [1.54, 1.807) is 13.8 Å². The monoisotopic (exact) mass is 337 g/mol. The minimum absolute atomic E-state index is 0.0961. The first-order valence-electron chi connectivity index (χ1n) is 7.82. The van der Waals surface area contributed by atoms with Crippen LogP contribution in [0.5, 0.6) is 0 Å². The lowest BCUT2D eigenvalue weighted by molar-refractivity contribution is -0.120. The maximum atomic E-state index is 12.1. The van der Waals surface area contributed by atoms with Crippen molar-refractivity contribution in [3.63, 3.8) is 0 Å². The first kappa shape index (κ1) is 17.5. The van der Waals surface area contributed by atoms with Crippen LogP contribution in [-0.4, -0.2) is 32.6 Å². The Morgan fingerprint density at radius 1 is 1.48 bits per heavy atom. The third-order valence-corrected chi connectivity index (χ3v) is 4.86. The number of allylic oxidation sites excluding steroid dienone is 1. The molecule has 126 valence electrons. The summed E-state index contributed by atoms with van der Waals surface area (Å²) in [7, 11) is 0. The van der Waals surface area contributed by atoms with Crippen molar-refractivity contribution < 1.29 is 4.79 Å². The van der Waals surface area contributed by atoms with Crippen molar-refractivity contribution in [1.82, 2.24) is 20.2 Å². The van der Waals surface area contributed by atoms with Crippen LogP contribution in [0.3, 0.4) is 0 Å². The van der Waals surface area contributed by atoms with E-state index in [0.29, 0.717) is 6.54 Å². The molecule has 2 rings (SSSR count). The average molecular weight is 337 g/mol. The highest BCUT2D eigenvalue weighted by Gasteiger charge is 2.18. The second-order valence-corrected chi connectivity index (χ2v) is 6.96. The molecule has 1 aliphatic rings. The number of amides is 1. The molecule has 1 amide bonds. The number of hydrogen-bond acceptors (Lipinski definition) is 6. The summed E-state index contributed by atoms with van der Waals surface area (Å²) in [6, 6.07) is 0. The zero-order valence-corrected chi connectivity index (χ0v) is 14.4. The van der Waals surface area contributed by atoms with Crippen molar-refractivity contribution in [3.8, 4) is 0 Å². The Morgan fingerprint density at radius 3 is 2.96 bits per heavy atom. The normalized spacial score (nSPS) is 15.8. The number of carbonyl (C=O) groups excluding carboxylic acids is 1. The Bertz CT molecular complexity index is 656. The molecule has 1 aromatic heterocycles. The van der Waals surface area contributed by atoms with Gasteiger partial charge in [0.1, 0.15) is 5.69 Å². The van der Waals surface area contributed by atoms with E-state index in [4.69, 9.17) is 5.84 Å². The molecule has 7 nitrogen and oxygen atoms in total. The number of nitrogen functional groups attached to an aromatic ring is 1. The Labute approximate surface area is 139 Å². The summed E-state index contributed by atoms with van der Waals surface area (Å²) in [5.41, 5.74) is 1.26. The van der Waals surface area contributed by atoms with Gasteiger partial charge in [0.05, 0.1) is 5.25 Å². The summed E-state index contributed by atoms with van der Waals surface area (Å²) in [6.07, 6.45) is 7.97. The molecule has 0 unspecified atom stereocenters. The van der Waals surface area contributed by atoms with E-state index in [1.807, 2.05) is 0 Å². The summed E-state index contributed by atoms with van der Waals surface area (Å²) in [5, 5.41) is 10.4. The number of nitrogens with two attached hydrogens (primary N) is 1. The van der Waals surface area contributed by atoms with E-state index in [2.05, 4.69) is 21.6 Å². The van der Waals surface area contributed by atoms with Crippen LogP contribution in [0.25, 0.3) is 0 Å². The second-order valence-electron chi connectivity index (χ2n) is 5.65. The van der Waals surface area contributed by atoms with Crippen LogP contribution in [-0.2, 0) is 4.79 Å². The molecule has 1 aromatic rings. The smallest absolute Gasteiger partial charge is 0.294 e. The summed E-state index contributed by atoms with van der Waals surface area (Å²) in [6.45, 7) is 3.93. The maximum Gasteiger partial charge on any atom is 0.294 e. The molecule has 0 fully saturated rings. The zero-order chi connectivity index (χ0) is 16.8. The molecule has 0 saturated heterocycles.